The topological polar surface area (TPSA) is 47.8 Å². The Hall–Kier alpha value is -1.19. The highest BCUT2D eigenvalue weighted by atomic mass is 16.1. The lowest BCUT2D eigenvalue weighted by Crippen LogP contribution is -2.20. The van der Waals surface area contributed by atoms with Crippen LogP contribution in [0.5, 0.6) is 0 Å². The third-order valence-electron chi connectivity index (χ3n) is 1.06. The van der Waals surface area contributed by atoms with Gasteiger partial charge in [-0.1, -0.05) is 0 Å². The highest BCUT2D eigenvalue weighted by molar-refractivity contribution is 4.88. The lowest BCUT2D eigenvalue weighted by atomic mass is 10.5. The molecule has 4 nitrogen and oxygen atoms in total. The van der Waals surface area contributed by atoms with Crippen molar-refractivity contribution in [1.82, 2.24) is 14.8 Å². The molecule has 0 aliphatic rings. The number of rotatable bonds is 0. The van der Waals surface area contributed by atoms with Crippen molar-refractivity contribution in [2.24, 2.45) is 7.05 Å². The van der Waals surface area contributed by atoms with Crippen LogP contribution in [0.3, 0.4) is 0 Å². The molecule has 0 spiro atoms. The molecule has 1 aromatic heterocycles. The van der Waals surface area contributed by atoms with Gasteiger partial charge in [-0.05, 0) is 6.92 Å². The summed E-state index contributed by atoms with van der Waals surface area (Å²) in [5, 5.41) is 7.11. The first-order valence-electron chi connectivity index (χ1n) is 2.56. The largest absolute Gasteiger partial charge is 0.299 e. The van der Waals surface area contributed by atoms with Gasteiger partial charge in [0.15, 0.2) is 0 Å². The molecule has 0 saturated heterocycles. The molecule has 0 atom stereocenters. The summed E-state index contributed by atoms with van der Waals surface area (Å²) >= 11 is 0. The maximum atomic E-state index is 10.8. The van der Waals surface area contributed by atoms with Gasteiger partial charge < -0.3 is 0 Å². The molecule has 0 fully saturated rings. The summed E-state index contributed by atoms with van der Waals surface area (Å²) in [5.74, 6) is 0. The lowest BCUT2D eigenvalue weighted by molar-refractivity contribution is 0.753. The Bertz CT molecular complexity index is 242. The van der Waals surface area contributed by atoms with E-state index in [9.17, 15) is 4.79 Å². The highest BCUT2D eigenvalue weighted by Crippen LogP contribution is 1.72. The van der Waals surface area contributed by atoms with Gasteiger partial charge in [0.2, 0.25) is 0 Å². The van der Waals surface area contributed by atoms with Crippen LogP contribution in [0.15, 0.2) is 11.1 Å². The molecule has 0 radical (unpaired) electrons. The maximum absolute atomic E-state index is 10.8. The van der Waals surface area contributed by atoms with E-state index in [1.54, 1.807) is 14.0 Å². The van der Waals surface area contributed by atoms with E-state index in [0.717, 1.165) is 0 Å². The minimum Gasteiger partial charge on any atom is -0.299 e. The van der Waals surface area contributed by atoms with Crippen LogP contribution in [0.2, 0.25) is 0 Å². The third-order valence-corrected chi connectivity index (χ3v) is 1.06. The highest BCUT2D eigenvalue weighted by Gasteiger charge is 1.93. The van der Waals surface area contributed by atoms with E-state index in [4.69, 9.17) is 0 Å². The molecular weight excluding hydrogens is 118 g/mol. The van der Waals surface area contributed by atoms with Crippen LogP contribution in [-0.4, -0.2) is 14.8 Å². The normalized spacial score (nSPS) is 9.56. The molecule has 4 heteroatoms. The fraction of sp³-hybridized carbons (Fsp3) is 0.400. The summed E-state index contributed by atoms with van der Waals surface area (Å²) < 4.78 is 1.39. The molecule has 0 amide bonds. The van der Waals surface area contributed by atoms with Gasteiger partial charge in [0, 0.05) is 7.05 Å². The maximum Gasteiger partial charge on any atom is 0.274 e. The van der Waals surface area contributed by atoms with Crippen molar-refractivity contribution in [2.45, 2.75) is 6.92 Å². The molecule has 0 unspecified atom stereocenters. The molecule has 0 N–H and O–H groups in total. The van der Waals surface area contributed by atoms with Crippen molar-refractivity contribution in [1.29, 1.82) is 0 Å². The summed E-state index contributed by atoms with van der Waals surface area (Å²) in [6.45, 7) is 1.63. The minimum absolute atomic E-state index is 0.0926. The van der Waals surface area contributed by atoms with E-state index in [2.05, 4.69) is 10.2 Å². The predicted molar refractivity (Wildman–Crippen MR) is 32.0 cm³/mol. The molecule has 0 saturated carbocycles. The average Bonchev–Trinajstić information content (AvgIpc) is 1.83. The number of nitrogens with zero attached hydrogens (tertiary/aromatic N) is 3. The van der Waals surface area contributed by atoms with Crippen molar-refractivity contribution < 1.29 is 0 Å². The summed E-state index contributed by atoms with van der Waals surface area (Å²) in [5.41, 5.74) is 0.338. The van der Waals surface area contributed by atoms with E-state index in [1.165, 1.54) is 10.9 Å². The molecule has 1 rings (SSSR count). The quantitative estimate of drug-likeness (QED) is 0.469. The van der Waals surface area contributed by atoms with Gasteiger partial charge >= 0.3 is 0 Å². The third kappa shape index (κ3) is 0.960. The van der Waals surface area contributed by atoms with Crippen LogP contribution >= 0.6 is 0 Å². The summed E-state index contributed by atoms with van der Waals surface area (Å²) in [7, 11) is 1.64. The van der Waals surface area contributed by atoms with E-state index >= 15 is 0 Å². The van der Waals surface area contributed by atoms with Crippen LogP contribution < -0.4 is 5.56 Å². The second kappa shape index (κ2) is 1.97. The molecular formula is C5H7N3O. The molecule has 0 aliphatic carbocycles. The van der Waals surface area contributed by atoms with Crippen molar-refractivity contribution >= 4 is 0 Å². The summed E-state index contributed by atoms with van der Waals surface area (Å²) in [6, 6.07) is 0. The SMILES string of the molecule is Cc1nncn(C)c1=O. The van der Waals surface area contributed by atoms with Crippen LogP contribution in [0.4, 0.5) is 0 Å². The fourth-order valence-electron chi connectivity index (χ4n) is 0.540. The zero-order valence-electron chi connectivity index (χ0n) is 5.33. The lowest BCUT2D eigenvalue weighted by Gasteiger charge is -1.92. The van der Waals surface area contributed by atoms with E-state index in [-0.39, 0.29) is 5.56 Å². The zero-order valence-corrected chi connectivity index (χ0v) is 5.33. The second-order valence-corrected chi connectivity index (χ2v) is 1.83. The first-order valence-corrected chi connectivity index (χ1v) is 2.56. The molecule has 0 bridgehead atoms. The monoisotopic (exact) mass is 125 g/mol. The van der Waals surface area contributed by atoms with Crippen molar-refractivity contribution in [3.63, 3.8) is 0 Å². The Morgan fingerprint density at radius 2 is 2.33 bits per heavy atom. The Morgan fingerprint density at radius 1 is 1.67 bits per heavy atom. The van der Waals surface area contributed by atoms with Gasteiger partial charge in [0.25, 0.3) is 5.56 Å². The molecule has 1 heterocycles. The van der Waals surface area contributed by atoms with Gasteiger partial charge in [-0.3, -0.25) is 9.36 Å². The Morgan fingerprint density at radius 3 is 2.78 bits per heavy atom. The molecule has 48 valence electrons. The van der Waals surface area contributed by atoms with Crippen LogP contribution in [-0.2, 0) is 7.05 Å². The van der Waals surface area contributed by atoms with Gasteiger partial charge in [-0.25, -0.2) is 0 Å². The minimum atomic E-state index is -0.0926. The van der Waals surface area contributed by atoms with E-state index < -0.39 is 0 Å². The van der Waals surface area contributed by atoms with Gasteiger partial charge in [-0.2, -0.15) is 0 Å². The van der Waals surface area contributed by atoms with Crippen LogP contribution in [0.25, 0.3) is 0 Å². The second-order valence-electron chi connectivity index (χ2n) is 1.83. The summed E-state index contributed by atoms with van der Waals surface area (Å²) in [6.07, 6.45) is 1.38. The number of hydrogen-bond acceptors (Lipinski definition) is 3. The molecule has 9 heavy (non-hydrogen) atoms. The predicted octanol–water partition coefficient (Wildman–Crippen LogP) is -0.516. The Balaban J connectivity index is 3.43. The van der Waals surface area contributed by atoms with Crippen LogP contribution in [0.1, 0.15) is 5.69 Å². The fourth-order valence-corrected chi connectivity index (χ4v) is 0.540. The molecule has 0 aromatic carbocycles. The van der Waals surface area contributed by atoms with Gasteiger partial charge in [0.1, 0.15) is 12.0 Å². The smallest absolute Gasteiger partial charge is 0.274 e. The Kier molecular flexibility index (Phi) is 1.30. The number of aryl methyl sites for hydroxylation is 2. The van der Waals surface area contributed by atoms with Crippen molar-refractivity contribution in [3.05, 3.63) is 22.4 Å². The number of aromatic nitrogens is 3. The molecule has 0 aliphatic heterocycles. The van der Waals surface area contributed by atoms with Crippen molar-refractivity contribution in [3.8, 4) is 0 Å². The van der Waals surface area contributed by atoms with Crippen molar-refractivity contribution in [2.75, 3.05) is 0 Å². The van der Waals surface area contributed by atoms with E-state index in [0.29, 0.717) is 5.69 Å². The first-order chi connectivity index (χ1) is 4.22. The average molecular weight is 125 g/mol. The van der Waals surface area contributed by atoms with Crippen LogP contribution in [0, 0.1) is 6.92 Å². The van der Waals surface area contributed by atoms with E-state index in [1.807, 2.05) is 0 Å². The van der Waals surface area contributed by atoms with Gasteiger partial charge in [0.05, 0.1) is 0 Å². The zero-order chi connectivity index (χ0) is 6.85. The number of hydrogen-bond donors (Lipinski definition) is 0. The first kappa shape index (κ1) is 5.94. The van der Waals surface area contributed by atoms with Gasteiger partial charge in [-0.15, -0.1) is 10.2 Å². The standard InChI is InChI=1S/C5H7N3O/c1-4-5(9)8(2)3-6-7-4/h3H,1-2H3. The molecule has 1 aromatic rings. The Labute approximate surface area is 52.2 Å². The summed E-state index contributed by atoms with van der Waals surface area (Å²) in [4.78, 5) is 10.8.